The van der Waals surface area contributed by atoms with Crippen LogP contribution in [0.15, 0.2) is 23.0 Å². The van der Waals surface area contributed by atoms with Crippen LogP contribution in [0.1, 0.15) is 25.0 Å². The standard InChI is InChI=1S/C13H18N2O2/c1-2-17-14-7-10-6-11(9-14)12-4-3-5-13(16)15(12)8-10/h3-5,10-11H,2,6-9H2,1H3. The minimum atomic E-state index is 0.141. The van der Waals surface area contributed by atoms with E-state index in [1.54, 1.807) is 6.07 Å². The van der Waals surface area contributed by atoms with Crippen molar-refractivity contribution in [1.29, 1.82) is 0 Å². The van der Waals surface area contributed by atoms with Gasteiger partial charge in [0.05, 0.1) is 6.61 Å². The molecule has 0 N–H and O–H groups in total. The maximum Gasteiger partial charge on any atom is 0.250 e. The van der Waals surface area contributed by atoms with Gasteiger partial charge in [-0.3, -0.25) is 9.63 Å². The number of hydrogen-bond acceptors (Lipinski definition) is 3. The summed E-state index contributed by atoms with van der Waals surface area (Å²) in [6, 6.07) is 5.61. The van der Waals surface area contributed by atoms with E-state index in [4.69, 9.17) is 4.84 Å². The highest BCUT2D eigenvalue weighted by atomic mass is 16.7. The first-order valence-electron chi connectivity index (χ1n) is 6.35. The maximum atomic E-state index is 11.8. The second-order valence-electron chi connectivity index (χ2n) is 4.96. The highest BCUT2D eigenvalue weighted by Crippen LogP contribution is 2.34. The van der Waals surface area contributed by atoms with Crippen LogP contribution in [0, 0.1) is 5.92 Å². The molecule has 0 radical (unpaired) electrons. The number of hydroxylamine groups is 2. The monoisotopic (exact) mass is 234 g/mol. The number of pyridine rings is 1. The van der Waals surface area contributed by atoms with Gasteiger partial charge in [-0.25, -0.2) is 0 Å². The molecule has 1 aromatic rings. The third kappa shape index (κ3) is 1.91. The summed E-state index contributed by atoms with van der Waals surface area (Å²) in [4.78, 5) is 17.4. The highest BCUT2D eigenvalue weighted by Gasteiger charge is 2.34. The Balaban J connectivity index is 1.93. The summed E-state index contributed by atoms with van der Waals surface area (Å²) in [5.74, 6) is 0.996. The molecule has 1 aromatic heterocycles. The van der Waals surface area contributed by atoms with Gasteiger partial charge in [0, 0.05) is 37.3 Å². The second-order valence-corrected chi connectivity index (χ2v) is 4.96. The Hall–Kier alpha value is -1.13. The van der Waals surface area contributed by atoms with Crippen LogP contribution in [0.5, 0.6) is 0 Å². The molecule has 2 unspecified atom stereocenters. The Morgan fingerprint density at radius 1 is 1.35 bits per heavy atom. The smallest absolute Gasteiger partial charge is 0.250 e. The number of rotatable bonds is 2. The number of aromatic nitrogens is 1. The Labute approximate surface area is 101 Å². The van der Waals surface area contributed by atoms with Gasteiger partial charge in [0.2, 0.25) is 0 Å². The first kappa shape index (κ1) is 11.0. The molecular formula is C13H18N2O2. The van der Waals surface area contributed by atoms with E-state index in [0.717, 1.165) is 26.2 Å². The SMILES string of the molecule is CCON1CC2CC(C1)c1cccc(=O)n1C2. The van der Waals surface area contributed by atoms with Gasteiger partial charge >= 0.3 is 0 Å². The van der Waals surface area contributed by atoms with Crippen LogP contribution < -0.4 is 5.56 Å². The van der Waals surface area contributed by atoms with Crippen molar-refractivity contribution in [3.8, 4) is 0 Å². The predicted octanol–water partition coefficient (Wildman–Crippen LogP) is 1.22. The molecule has 1 saturated heterocycles. The van der Waals surface area contributed by atoms with Gasteiger partial charge in [-0.05, 0) is 25.3 Å². The van der Waals surface area contributed by atoms with Crippen LogP contribution in [0.2, 0.25) is 0 Å². The van der Waals surface area contributed by atoms with Crippen molar-refractivity contribution in [2.75, 3.05) is 19.7 Å². The van der Waals surface area contributed by atoms with E-state index in [2.05, 4.69) is 11.1 Å². The van der Waals surface area contributed by atoms with Crippen molar-refractivity contribution in [1.82, 2.24) is 9.63 Å². The first-order chi connectivity index (χ1) is 8.28. The van der Waals surface area contributed by atoms with Crippen LogP contribution in [0.25, 0.3) is 0 Å². The molecule has 1 fully saturated rings. The first-order valence-corrected chi connectivity index (χ1v) is 6.35. The second kappa shape index (κ2) is 4.27. The Morgan fingerprint density at radius 3 is 3.06 bits per heavy atom. The van der Waals surface area contributed by atoms with Crippen LogP contribution in [-0.2, 0) is 11.4 Å². The normalized spacial score (nSPS) is 27.8. The topological polar surface area (TPSA) is 34.5 Å². The fourth-order valence-corrected chi connectivity index (χ4v) is 3.14. The van der Waals surface area contributed by atoms with E-state index >= 15 is 0 Å². The summed E-state index contributed by atoms with van der Waals surface area (Å²) in [7, 11) is 0. The molecule has 3 heterocycles. The molecule has 2 aliphatic rings. The van der Waals surface area contributed by atoms with E-state index in [1.165, 1.54) is 12.1 Å². The van der Waals surface area contributed by atoms with Crippen LogP contribution in [-0.4, -0.2) is 29.3 Å². The molecule has 0 amide bonds. The zero-order chi connectivity index (χ0) is 11.8. The van der Waals surface area contributed by atoms with E-state index in [-0.39, 0.29) is 5.56 Å². The van der Waals surface area contributed by atoms with Gasteiger partial charge in [0.1, 0.15) is 0 Å². The third-order valence-electron chi connectivity index (χ3n) is 3.76. The van der Waals surface area contributed by atoms with Crippen LogP contribution in [0.4, 0.5) is 0 Å². The molecule has 0 saturated carbocycles. The molecule has 3 rings (SSSR count). The molecule has 0 aliphatic carbocycles. The fraction of sp³-hybridized carbons (Fsp3) is 0.615. The molecule has 2 aliphatic heterocycles. The predicted molar refractivity (Wildman–Crippen MR) is 64.7 cm³/mol. The zero-order valence-electron chi connectivity index (χ0n) is 10.1. The van der Waals surface area contributed by atoms with Crippen molar-refractivity contribution in [3.63, 3.8) is 0 Å². The minimum Gasteiger partial charge on any atom is -0.312 e. The zero-order valence-corrected chi connectivity index (χ0v) is 10.1. The molecule has 4 heteroatoms. The van der Waals surface area contributed by atoms with Crippen LogP contribution in [0.3, 0.4) is 0 Å². The average Bonchev–Trinajstić information content (AvgIpc) is 2.31. The molecule has 2 atom stereocenters. The highest BCUT2D eigenvalue weighted by molar-refractivity contribution is 5.16. The minimum absolute atomic E-state index is 0.141. The van der Waals surface area contributed by atoms with Crippen molar-refractivity contribution in [2.24, 2.45) is 5.92 Å². The molecule has 17 heavy (non-hydrogen) atoms. The summed E-state index contributed by atoms with van der Waals surface area (Å²) in [6.07, 6.45) is 1.19. The van der Waals surface area contributed by atoms with E-state index in [1.807, 2.05) is 17.6 Å². The molecule has 92 valence electrons. The lowest BCUT2D eigenvalue weighted by Gasteiger charge is -2.41. The Morgan fingerprint density at radius 2 is 2.24 bits per heavy atom. The van der Waals surface area contributed by atoms with Gasteiger partial charge in [-0.1, -0.05) is 6.07 Å². The van der Waals surface area contributed by atoms with Gasteiger partial charge in [0.25, 0.3) is 5.56 Å². The van der Waals surface area contributed by atoms with E-state index in [9.17, 15) is 4.79 Å². The molecule has 0 spiro atoms. The third-order valence-corrected chi connectivity index (χ3v) is 3.76. The summed E-state index contributed by atoms with van der Waals surface area (Å²) in [6.45, 7) is 5.44. The van der Waals surface area contributed by atoms with Gasteiger partial charge in [-0.15, -0.1) is 0 Å². The molecular weight excluding hydrogens is 216 g/mol. The van der Waals surface area contributed by atoms with Crippen molar-refractivity contribution >= 4 is 0 Å². The Kier molecular flexibility index (Phi) is 2.76. The largest absolute Gasteiger partial charge is 0.312 e. The quantitative estimate of drug-likeness (QED) is 0.771. The lowest BCUT2D eigenvalue weighted by atomic mass is 9.84. The van der Waals surface area contributed by atoms with Crippen molar-refractivity contribution < 1.29 is 4.84 Å². The van der Waals surface area contributed by atoms with Gasteiger partial charge in [0.15, 0.2) is 0 Å². The summed E-state index contributed by atoms with van der Waals surface area (Å²) in [5, 5.41) is 2.07. The Bertz CT molecular complexity index is 469. The number of piperidine rings is 1. The van der Waals surface area contributed by atoms with Crippen molar-refractivity contribution in [2.45, 2.75) is 25.8 Å². The number of hydrogen-bond donors (Lipinski definition) is 0. The lowest BCUT2D eigenvalue weighted by Crippen LogP contribution is -2.46. The van der Waals surface area contributed by atoms with Crippen molar-refractivity contribution in [3.05, 3.63) is 34.2 Å². The van der Waals surface area contributed by atoms with E-state index in [0.29, 0.717) is 11.8 Å². The van der Waals surface area contributed by atoms with Gasteiger partial charge < -0.3 is 4.57 Å². The summed E-state index contributed by atoms with van der Waals surface area (Å²) < 4.78 is 1.95. The molecule has 2 bridgehead atoms. The average molecular weight is 234 g/mol. The van der Waals surface area contributed by atoms with E-state index < -0.39 is 0 Å². The maximum absolute atomic E-state index is 11.8. The molecule has 0 aromatic carbocycles. The summed E-state index contributed by atoms with van der Waals surface area (Å²) in [5.41, 5.74) is 1.32. The van der Waals surface area contributed by atoms with Gasteiger partial charge in [-0.2, -0.15) is 5.06 Å². The number of nitrogens with zero attached hydrogens (tertiary/aromatic N) is 2. The van der Waals surface area contributed by atoms with Crippen LogP contribution >= 0.6 is 0 Å². The lowest BCUT2D eigenvalue weighted by molar-refractivity contribution is -0.182. The fourth-order valence-electron chi connectivity index (χ4n) is 3.14. The summed E-state index contributed by atoms with van der Waals surface area (Å²) >= 11 is 0. The number of fused-ring (bicyclic) bond motifs is 4. The molecule has 4 nitrogen and oxygen atoms in total.